The minimum atomic E-state index is -0.403. The molecule has 8 heteroatoms. The number of piperidine rings is 1. The quantitative estimate of drug-likeness (QED) is 0.548. The lowest BCUT2D eigenvalue weighted by Gasteiger charge is -2.40. The van der Waals surface area contributed by atoms with E-state index in [-0.39, 0.29) is 5.69 Å². The molecule has 1 atom stereocenters. The first-order chi connectivity index (χ1) is 14.1. The summed E-state index contributed by atoms with van der Waals surface area (Å²) in [7, 11) is 0. The number of rotatable bonds is 5. The lowest BCUT2D eigenvalue weighted by atomic mass is 9.96. The highest BCUT2D eigenvalue weighted by atomic mass is 35.5. The average molecular weight is 416 g/mol. The van der Waals surface area contributed by atoms with Crippen LogP contribution in [0.5, 0.6) is 0 Å². The molecular formula is C21H26ClN5O2. The predicted molar refractivity (Wildman–Crippen MR) is 116 cm³/mol. The van der Waals surface area contributed by atoms with Gasteiger partial charge in [-0.15, -0.1) is 0 Å². The maximum Gasteiger partial charge on any atom is 0.271 e. The van der Waals surface area contributed by atoms with Crippen molar-refractivity contribution in [2.24, 2.45) is 5.92 Å². The molecule has 0 amide bonds. The molecule has 3 heterocycles. The van der Waals surface area contributed by atoms with Gasteiger partial charge in [0.25, 0.3) is 5.69 Å². The molecule has 1 aromatic heterocycles. The number of aromatic nitrogens is 1. The topological polar surface area (TPSA) is 65.8 Å². The van der Waals surface area contributed by atoms with Gasteiger partial charge in [-0.25, -0.2) is 4.98 Å². The number of nitro benzene ring substituents is 1. The van der Waals surface area contributed by atoms with Gasteiger partial charge in [0.05, 0.1) is 15.6 Å². The smallest absolute Gasteiger partial charge is 0.271 e. The summed E-state index contributed by atoms with van der Waals surface area (Å²) < 4.78 is 0. The van der Waals surface area contributed by atoms with Crippen molar-refractivity contribution in [1.82, 2.24) is 9.88 Å². The molecule has 154 valence electrons. The first kappa shape index (κ1) is 19.9. The monoisotopic (exact) mass is 415 g/mol. The second-order valence-corrected chi connectivity index (χ2v) is 8.23. The summed E-state index contributed by atoms with van der Waals surface area (Å²) in [6, 6.07) is 10.8. The summed E-state index contributed by atoms with van der Waals surface area (Å²) in [5.41, 5.74) is 0.944. The van der Waals surface area contributed by atoms with Gasteiger partial charge in [0.1, 0.15) is 5.82 Å². The maximum atomic E-state index is 10.9. The van der Waals surface area contributed by atoms with Crippen LogP contribution in [0, 0.1) is 16.0 Å². The van der Waals surface area contributed by atoms with Crippen LogP contribution in [0.25, 0.3) is 0 Å². The van der Waals surface area contributed by atoms with Crippen molar-refractivity contribution >= 4 is 28.8 Å². The Morgan fingerprint density at radius 2 is 1.93 bits per heavy atom. The predicted octanol–water partition coefficient (Wildman–Crippen LogP) is 3.68. The van der Waals surface area contributed by atoms with Crippen molar-refractivity contribution in [3.05, 3.63) is 57.7 Å². The van der Waals surface area contributed by atoms with E-state index in [1.54, 1.807) is 12.1 Å². The highest BCUT2D eigenvalue weighted by Crippen LogP contribution is 2.33. The van der Waals surface area contributed by atoms with Crippen molar-refractivity contribution < 1.29 is 4.92 Å². The number of non-ortho nitro benzene ring substituents is 1. The zero-order valence-electron chi connectivity index (χ0n) is 16.4. The molecule has 0 radical (unpaired) electrons. The number of pyridine rings is 1. The molecule has 2 fully saturated rings. The van der Waals surface area contributed by atoms with E-state index < -0.39 is 4.92 Å². The molecule has 0 aliphatic carbocycles. The molecule has 2 aliphatic rings. The van der Waals surface area contributed by atoms with Crippen LogP contribution in [-0.2, 0) is 0 Å². The highest BCUT2D eigenvalue weighted by Gasteiger charge is 2.26. The van der Waals surface area contributed by atoms with Crippen molar-refractivity contribution in [3.8, 4) is 0 Å². The van der Waals surface area contributed by atoms with E-state index in [0.717, 1.165) is 63.7 Å². The van der Waals surface area contributed by atoms with E-state index in [9.17, 15) is 10.1 Å². The number of nitrogens with zero attached hydrogens (tertiary/aromatic N) is 5. The number of benzene rings is 1. The Kier molecular flexibility index (Phi) is 6.16. The normalized spacial score (nSPS) is 20.7. The summed E-state index contributed by atoms with van der Waals surface area (Å²) >= 11 is 6.35. The average Bonchev–Trinajstić information content (AvgIpc) is 2.75. The third-order valence-corrected chi connectivity index (χ3v) is 6.17. The fraction of sp³-hybridized carbons (Fsp3) is 0.476. The Morgan fingerprint density at radius 3 is 2.62 bits per heavy atom. The van der Waals surface area contributed by atoms with Crippen molar-refractivity contribution in [2.45, 2.75) is 12.8 Å². The van der Waals surface area contributed by atoms with Gasteiger partial charge in [-0.3, -0.25) is 15.0 Å². The van der Waals surface area contributed by atoms with Gasteiger partial charge in [0.2, 0.25) is 0 Å². The molecule has 1 unspecified atom stereocenters. The molecule has 2 aromatic rings. The third kappa shape index (κ3) is 4.79. The van der Waals surface area contributed by atoms with Crippen LogP contribution in [0.15, 0.2) is 42.6 Å². The molecule has 0 N–H and O–H groups in total. The highest BCUT2D eigenvalue weighted by molar-refractivity contribution is 6.33. The van der Waals surface area contributed by atoms with Gasteiger partial charge in [0.15, 0.2) is 0 Å². The minimum absolute atomic E-state index is 0.0399. The van der Waals surface area contributed by atoms with Crippen LogP contribution < -0.4 is 9.80 Å². The first-order valence-corrected chi connectivity index (χ1v) is 10.5. The molecule has 2 saturated heterocycles. The number of hydrogen-bond donors (Lipinski definition) is 0. The van der Waals surface area contributed by atoms with Crippen LogP contribution in [0.4, 0.5) is 17.2 Å². The van der Waals surface area contributed by atoms with E-state index in [4.69, 9.17) is 11.6 Å². The molecule has 0 bridgehead atoms. The lowest BCUT2D eigenvalue weighted by Crippen LogP contribution is -2.50. The molecule has 2 aliphatic heterocycles. The largest absolute Gasteiger partial charge is 0.370 e. The third-order valence-electron chi connectivity index (χ3n) is 5.86. The van der Waals surface area contributed by atoms with Crippen molar-refractivity contribution in [3.63, 3.8) is 0 Å². The Bertz CT molecular complexity index is 842. The molecular weight excluding hydrogens is 390 g/mol. The van der Waals surface area contributed by atoms with Crippen LogP contribution in [0.2, 0.25) is 5.02 Å². The zero-order valence-corrected chi connectivity index (χ0v) is 17.2. The van der Waals surface area contributed by atoms with Gasteiger partial charge in [-0.05, 0) is 37.0 Å². The Hall–Kier alpha value is -2.38. The van der Waals surface area contributed by atoms with Gasteiger partial charge in [0, 0.05) is 64.1 Å². The van der Waals surface area contributed by atoms with E-state index in [1.807, 2.05) is 18.3 Å². The summed E-state index contributed by atoms with van der Waals surface area (Å²) in [4.78, 5) is 22.2. The van der Waals surface area contributed by atoms with Gasteiger partial charge in [-0.2, -0.15) is 0 Å². The summed E-state index contributed by atoms with van der Waals surface area (Å²) in [5.74, 6) is 1.64. The fourth-order valence-electron chi connectivity index (χ4n) is 4.36. The van der Waals surface area contributed by atoms with Crippen LogP contribution in [-0.4, -0.2) is 60.6 Å². The number of nitro groups is 1. The molecule has 7 nitrogen and oxygen atoms in total. The van der Waals surface area contributed by atoms with E-state index in [1.165, 1.54) is 12.5 Å². The molecule has 0 spiro atoms. The molecule has 1 aromatic carbocycles. The first-order valence-electron chi connectivity index (χ1n) is 10.2. The van der Waals surface area contributed by atoms with Crippen molar-refractivity contribution in [1.29, 1.82) is 0 Å². The Labute approximate surface area is 176 Å². The van der Waals surface area contributed by atoms with E-state index in [0.29, 0.717) is 10.9 Å². The SMILES string of the molecule is O=[N+]([O-])c1ccc(N2CCCC(CN3CCN(c4ccccn4)CC3)C2)c(Cl)c1. The summed E-state index contributed by atoms with van der Waals surface area (Å²) in [5, 5.41) is 11.4. The van der Waals surface area contributed by atoms with Crippen LogP contribution in [0.3, 0.4) is 0 Å². The number of piperazine rings is 1. The fourth-order valence-corrected chi connectivity index (χ4v) is 4.66. The Balaban J connectivity index is 1.32. The second kappa shape index (κ2) is 8.97. The molecule has 0 saturated carbocycles. The standard InChI is InChI=1S/C21H26ClN5O2/c22-19-14-18(27(28)29)6-7-20(19)26-9-3-4-17(16-26)15-24-10-12-25(13-11-24)21-5-1-2-8-23-21/h1-2,5-8,14,17H,3-4,9-13,15-16H2. The van der Waals surface area contributed by atoms with Gasteiger partial charge >= 0.3 is 0 Å². The second-order valence-electron chi connectivity index (χ2n) is 7.82. The van der Waals surface area contributed by atoms with Crippen molar-refractivity contribution in [2.75, 3.05) is 55.6 Å². The van der Waals surface area contributed by atoms with Gasteiger partial charge < -0.3 is 9.80 Å². The number of anilines is 2. The van der Waals surface area contributed by atoms with Crippen LogP contribution in [0.1, 0.15) is 12.8 Å². The van der Waals surface area contributed by atoms with E-state index >= 15 is 0 Å². The number of halogens is 1. The van der Waals surface area contributed by atoms with Crippen LogP contribution >= 0.6 is 11.6 Å². The summed E-state index contributed by atoms with van der Waals surface area (Å²) in [6.07, 6.45) is 4.18. The Morgan fingerprint density at radius 1 is 1.10 bits per heavy atom. The molecule has 29 heavy (non-hydrogen) atoms. The lowest BCUT2D eigenvalue weighted by molar-refractivity contribution is -0.384. The summed E-state index contributed by atoms with van der Waals surface area (Å²) in [6.45, 7) is 7.07. The minimum Gasteiger partial charge on any atom is -0.370 e. The van der Waals surface area contributed by atoms with E-state index in [2.05, 4.69) is 25.8 Å². The molecule has 4 rings (SSSR count). The maximum absolute atomic E-state index is 10.9. The number of hydrogen-bond acceptors (Lipinski definition) is 6. The van der Waals surface area contributed by atoms with Gasteiger partial charge in [-0.1, -0.05) is 17.7 Å². The zero-order chi connectivity index (χ0) is 20.2.